The van der Waals surface area contributed by atoms with Crippen LogP contribution in [-0.2, 0) is 0 Å². The Kier molecular flexibility index (Phi) is 3.01. The number of nitrogens with one attached hydrogen (secondary N) is 2. The number of aromatic nitrogens is 3. The molecule has 3 aromatic rings. The highest BCUT2D eigenvalue weighted by Crippen LogP contribution is 2.33. The van der Waals surface area contributed by atoms with E-state index in [9.17, 15) is 0 Å². The second-order valence-corrected chi connectivity index (χ2v) is 6.06. The van der Waals surface area contributed by atoms with E-state index in [2.05, 4.69) is 26.7 Å². The molecule has 1 aliphatic heterocycles. The molecule has 4 heterocycles. The van der Waals surface area contributed by atoms with Crippen LogP contribution < -0.4 is 5.32 Å². The van der Waals surface area contributed by atoms with Gasteiger partial charge in [0, 0.05) is 34.6 Å². The number of H-pyrrole nitrogens is 1. The van der Waals surface area contributed by atoms with Crippen molar-refractivity contribution in [1.29, 1.82) is 0 Å². The predicted molar refractivity (Wildman–Crippen MR) is 82.0 cm³/mol. The molecule has 0 radical (unpaired) electrons. The third kappa shape index (κ3) is 2.03. The van der Waals surface area contributed by atoms with Crippen LogP contribution in [0.2, 0.25) is 0 Å². The molecule has 1 aliphatic rings. The number of thiazole rings is 1. The molecule has 4 nitrogen and oxygen atoms in total. The molecule has 0 amide bonds. The molecule has 5 heteroatoms. The van der Waals surface area contributed by atoms with Crippen molar-refractivity contribution in [2.75, 3.05) is 13.1 Å². The summed E-state index contributed by atoms with van der Waals surface area (Å²) in [5.41, 5.74) is 3.35. The number of rotatable bonds is 2. The molecule has 2 N–H and O–H groups in total. The van der Waals surface area contributed by atoms with E-state index >= 15 is 0 Å². The highest BCUT2D eigenvalue weighted by atomic mass is 32.1. The first kappa shape index (κ1) is 12.1. The maximum Gasteiger partial charge on any atom is 0.137 e. The smallest absolute Gasteiger partial charge is 0.137 e. The molecule has 20 heavy (non-hydrogen) atoms. The number of fused-ring (bicyclic) bond motifs is 1. The van der Waals surface area contributed by atoms with Gasteiger partial charge in [-0.2, -0.15) is 0 Å². The maximum atomic E-state index is 4.87. The molecule has 3 aromatic heterocycles. The van der Waals surface area contributed by atoms with Crippen LogP contribution in [0.15, 0.2) is 29.9 Å². The average molecular weight is 284 g/mol. The minimum Gasteiger partial charge on any atom is -0.345 e. The lowest BCUT2D eigenvalue weighted by Gasteiger charge is -2.20. The summed E-state index contributed by atoms with van der Waals surface area (Å²) in [7, 11) is 0. The Labute approximate surface area is 121 Å². The normalized spacial score (nSPS) is 16.8. The summed E-state index contributed by atoms with van der Waals surface area (Å²) in [6, 6.07) is 4.07. The highest BCUT2D eigenvalue weighted by Gasteiger charge is 2.19. The Morgan fingerprint density at radius 2 is 2.15 bits per heavy atom. The number of nitrogens with zero attached hydrogens (tertiary/aromatic N) is 2. The SMILES string of the molecule is c1cnc2[nH]cc(-c3nc(C4CCNCC4)cs3)c2c1. The third-order valence-electron chi connectivity index (χ3n) is 3.96. The lowest BCUT2D eigenvalue weighted by Crippen LogP contribution is -2.26. The summed E-state index contributed by atoms with van der Waals surface area (Å²) in [5.74, 6) is 0.615. The van der Waals surface area contributed by atoms with E-state index in [1.807, 2.05) is 18.5 Å². The number of hydrogen-bond acceptors (Lipinski definition) is 4. The largest absolute Gasteiger partial charge is 0.345 e. The minimum atomic E-state index is 0.615. The lowest BCUT2D eigenvalue weighted by atomic mass is 9.95. The fraction of sp³-hybridized carbons (Fsp3) is 0.333. The zero-order valence-electron chi connectivity index (χ0n) is 11.1. The van der Waals surface area contributed by atoms with E-state index in [-0.39, 0.29) is 0 Å². The molecule has 0 aromatic carbocycles. The summed E-state index contributed by atoms with van der Waals surface area (Å²) in [4.78, 5) is 12.4. The van der Waals surface area contributed by atoms with Gasteiger partial charge in [-0.1, -0.05) is 0 Å². The molecule has 0 unspecified atom stereocenters. The van der Waals surface area contributed by atoms with Crippen molar-refractivity contribution in [2.45, 2.75) is 18.8 Å². The monoisotopic (exact) mass is 284 g/mol. The number of aromatic amines is 1. The van der Waals surface area contributed by atoms with Crippen molar-refractivity contribution in [2.24, 2.45) is 0 Å². The first-order chi connectivity index (χ1) is 9.92. The van der Waals surface area contributed by atoms with Gasteiger partial charge >= 0.3 is 0 Å². The molecular formula is C15H16N4S. The highest BCUT2D eigenvalue weighted by molar-refractivity contribution is 7.13. The van der Waals surface area contributed by atoms with Gasteiger partial charge in [0.15, 0.2) is 0 Å². The zero-order valence-corrected chi connectivity index (χ0v) is 11.9. The quantitative estimate of drug-likeness (QED) is 0.760. The van der Waals surface area contributed by atoms with Gasteiger partial charge in [0.2, 0.25) is 0 Å². The molecule has 0 spiro atoms. The van der Waals surface area contributed by atoms with Crippen LogP contribution in [0.4, 0.5) is 0 Å². The Bertz CT molecular complexity index is 724. The maximum absolute atomic E-state index is 4.87. The zero-order chi connectivity index (χ0) is 13.4. The molecule has 4 rings (SSSR count). The Balaban J connectivity index is 1.70. The van der Waals surface area contributed by atoms with Crippen LogP contribution in [0, 0.1) is 0 Å². The first-order valence-corrected chi connectivity index (χ1v) is 7.88. The van der Waals surface area contributed by atoms with E-state index in [0.29, 0.717) is 5.92 Å². The molecule has 1 fully saturated rings. The Hall–Kier alpha value is -1.72. The van der Waals surface area contributed by atoms with Crippen molar-refractivity contribution in [3.8, 4) is 10.6 Å². The topological polar surface area (TPSA) is 53.6 Å². The van der Waals surface area contributed by atoms with E-state index in [1.165, 1.54) is 24.1 Å². The number of pyridine rings is 1. The summed E-state index contributed by atoms with van der Waals surface area (Å²) >= 11 is 1.74. The molecule has 1 saturated heterocycles. The van der Waals surface area contributed by atoms with E-state index in [0.717, 1.165) is 29.1 Å². The van der Waals surface area contributed by atoms with Crippen molar-refractivity contribution >= 4 is 22.4 Å². The van der Waals surface area contributed by atoms with Crippen molar-refractivity contribution in [3.05, 3.63) is 35.6 Å². The molecule has 0 aliphatic carbocycles. The van der Waals surface area contributed by atoms with Gasteiger partial charge < -0.3 is 10.3 Å². The molecule has 0 bridgehead atoms. The third-order valence-corrected chi connectivity index (χ3v) is 4.85. The van der Waals surface area contributed by atoms with Crippen LogP contribution in [0.25, 0.3) is 21.6 Å². The summed E-state index contributed by atoms with van der Waals surface area (Å²) in [5, 5.41) is 7.87. The van der Waals surface area contributed by atoms with Gasteiger partial charge in [-0.15, -0.1) is 11.3 Å². The van der Waals surface area contributed by atoms with Gasteiger partial charge in [0.25, 0.3) is 0 Å². The second kappa shape index (κ2) is 5.00. The molecule has 102 valence electrons. The van der Waals surface area contributed by atoms with Crippen LogP contribution in [0.3, 0.4) is 0 Å². The van der Waals surface area contributed by atoms with Gasteiger partial charge in [0.1, 0.15) is 10.7 Å². The standard InChI is InChI=1S/C15H16N4S/c1-2-11-12(8-18-14(11)17-5-1)15-19-13(9-20-15)10-3-6-16-7-4-10/h1-2,5,8-10,16H,3-4,6-7H2,(H,17,18). The Morgan fingerprint density at radius 3 is 3.05 bits per heavy atom. The van der Waals surface area contributed by atoms with Crippen molar-refractivity contribution < 1.29 is 0 Å². The fourth-order valence-electron chi connectivity index (χ4n) is 2.85. The van der Waals surface area contributed by atoms with Gasteiger partial charge in [-0.05, 0) is 38.1 Å². The van der Waals surface area contributed by atoms with Crippen LogP contribution in [-0.4, -0.2) is 28.0 Å². The van der Waals surface area contributed by atoms with Crippen LogP contribution in [0.1, 0.15) is 24.5 Å². The first-order valence-electron chi connectivity index (χ1n) is 7.00. The van der Waals surface area contributed by atoms with Gasteiger partial charge in [0.05, 0.1) is 5.69 Å². The van der Waals surface area contributed by atoms with E-state index < -0.39 is 0 Å². The Morgan fingerprint density at radius 1 is 1.25 bits per heavy atom. The predicted octanol–water partition coefficient (Wildman–Crippen LogP) is 3.15. The number of hydrogen-bond donors (Lipinski definition) is 2. The molecule has 0 atom stereocenters. The second-order valence-electron chi connectivity index (χ2n) is 5.20. The van der Waals surface area contributed by atoms with Crippen LogP contribution in [0.5, 0.6) is 0 Å². The van der Waals surface area contributed by atoms with E-state index in [4.69, 9.17) is 4.98 Å². The summed E-state index contributed by atoms with van der Waals surface area (Å²) in [6.07, 6.45) is 6.21. The number of piperidine rings is 1. The average Bonchev–Trinajstić information content (AvgIpc) is 3.14. The minimum absolute atomic E-state index is 0.615. The lowest BCUT2D eigenvalue weighted by molar-refractivity contribution is 0.455. The van der Waals surface area contributed by atoms with Crippen LogP contribution >= 0.6 is 11.3 Å². The molecule has 0 saturated carbocycles. The van der Waals surface area contributed by atoms with Gasteiger partial charge in [-0.25, -0.2) is 9.97 Å². The summed E-state index contributed by atoms with van der Waals surface area (Å²) < 4.78 is 0. The van der Waals surface area contributed by atoms with Crippen molar-refractivity contribution in [1.82, 2.24) is 20.3 Å². The van der Waals surface area contributed by atoms with Crippen molar-refractivity contribution in [3.63, 3.8) is 0 Å². The fourth-order valence-corrected chi connectivity index (χ4v) is 3.78. The molecular weight excluding hydrogens is 268 g/mol. The van der Waals surface area contributed by atoms with E-state index in [1.54, 1.807) is 11.3 Å². The summed E-state index contributed by atoms with van der Waals surface area (Å²) in [6.45, 7) is 2.21. The van der Waals surface area contributed by atoms with Gasteiger partial charge in [-0.3, -0.25) is 0 Å².